The molecule has 0 radical (unpaired) electrons. The van der Waals surface area contributed by atoms with E-state index in [0.29, 0.717) is 6.07 Å². The normalized spacial score (nSPS) is 22.1. The number of aromatic amines is 1. The van der Waals surface area contributed by atoms with Crippen molar-refractivity contribution in [1.82, 2.24) is 4.98 Å². The van der Waals surface area contributed by atoms with Gasteiger partial charge in [-0.05, 0) is 49.1 Å². The first-order valence-corrected chi connectivity index (χ1v) is 11.9. The number of rotatable bonds is 4. The van der Waals surface area contributed by atoms with E-state index in [4.69, 9.17) is 0 Å². The van der Waals surface area contributed by atoms with E-state index in [1.165, 1.54) is 24.1 Å². The van der Waals surface area contributed by atoms with Crippen molar-refractivity contribution < 1.29 is 41.4 Å². The number of pyridine rings is 1. The van der Waals surface area contributed by atoms with Crippen molar-refractivity contribution in [2.45, 2.75) is 50.4 Å². The minimum atomic E-state index is -4.96. The fourth-order valence-electron chi connectivity index (χ4n) is 4.90. The number of aliphatic hydroxyl groups is 2. The molecule has 0 spiro atoms. The Labute approximate surface area is 218 Å². The van der Waals surface area contributed by atoms with Gasteiger partial charge in [-0.1, -0.05) is 13.0 Å². The lowest BCUT2D eigenvalue weighted by molar-refractivity contribution is -0.137. The van der Waals surface area contributed by atoms with Gasteiger partial charge in [0.1, 0.15) is 5.56 Å². The molecule has 4 rings (SSSR count). The number of aromatic nitrogens is 1. The number of likely N-dealkylation sites (N-methyl/N-ethyl adjacent to an activating group) is 1. The summed E-state index contributed by atoms with van der Waals surface area (Å²) >= 11 is 0. The van der Waals surface area contributed by atoms with E-state index in [1.807, 2.05) is 5.32 Å². The Balaban J connectivity index is 1.69. The van der Waals surface area contributed by atoms with Gasteiger partial charge in [-0.25, -0.2) is 0 Å². The van der Waals surface area contributed by atoms with Crippen molar-refractivity contribution in [3.8, 4) is 0 Å². The fraction of sp³-hybridized carbons (Fsp3) is 0.385. The summed E-state index contributed by atoms with van der Waals surface area (Å²) in [6.45, 7) is 1.76. The van der Waals surface area contributed by atoms with Crippen LogP contribution in [0.2, 0.25) is 0 Å². The van der Waals surface area contributed by atoms with Crippen LogP contribution in [0.25, 0.3) is 10.9 Å². The summed E-state index contributed by atoms with van der Waals surface area (Å²) in [5.41, 5.74) is -5.52. The molecule has 2 aromatic carbocycles. The summed E-state index contributed by atoms with van der Waals surface area (Å²) in [4.78, 5) is 29.5. The second-order valence-electron chi connectivity index (χ2n) is 9.70. The highest BCUT2D eigenvalue weighted by Gasteiger charge is 2.38. The summed E-state index contributed by atoms with van der Waals surface area (Å²) in [5.74, 6) is -1.51. The second kappa shape index (κ2) is 10.2. The van der Waals surface area contributed by atoms with E-state index < -0.39 is 69.7 Å². The van der Waals surface area contributed by atoms with E-state index in [9.17, 15) is 46.1 Å². The minimum Gasteiger partial charge on any atom is -0.393 e. The maximum absolute atomic E-state index is 14.0. The molecule has 0 aliphatic heterocycles. The molecule has 4 N–H and O–H groups in total. The van der Waals surface area contributed by atoms with Crippen LogP contribution in [0.5, 0.6) is 0 Å². The molecule has 210 valence electrons. The SMILES string of the molecule is CC1C[C@@H](O)[C@@H](N(C)c2ccc(NC(=O)c3c[nH]c4cccc(C(F)(F)F)c4c3=O)c(C(F)(F)F)c2)C[C@@H]1O. The molecule has 1 unspecified atom stereocenters. The summed E-state index contributed by atoms with van der Waals surface area (Å²) < 4.78 is 82.3. The second-order valence-corrected chi connectivity index (χ2v) is 9.70. The molecule has 1 saturated carbocycles. The van der Waals surface area contributed by atoms with Crippen LogP contribution in [0, 0.1) is 5.92 Å². The molecular weight excluding hydrogens is 532 g/mol. The average Bonchev–Trinajstić information content (AvgIpc) is 2.84. The third-order valence-electron chi connectivity index (χ3n) is 7.12. The van der Waals surface area contributed by atoms with Crippen molar-refractivity contribution in [3.05, 3.63) is 69.5 Å². The van der Waals surface area contributed by atoms with E-state index in [-0.39, 0.29) is 30.0 Å². The third kappa shape index (κ3) is 5.59. The Morgan fingerprint density at radius 3 is 2.31 bits per heavy atom. The number of carbonyl (C=O) groups is 1. The van der Waals surface area contributed by atoms with Crippen LogP contribution >= 0.6 is 0 Å². The van der Waals surface area contributed by atoms with Crippen molar-refractivity contribution in [1.29, 1.82) is 0 Å². The van der Waals surface area contributed by atoms with E-state index in [2.05, 4.69) is 4.98 Å². The van der Waals surface area contributed by atoms with Crippen molar-refractivity contribution in [2.24, 2.45) is 5.92 Å². The lowest BCUT2D eigenvalue weighted by atomic mass is 9.82. The Bertz CT molecular complexity index is 1450. The summed E-state index contributed by atoms with van der Waals surface area (Å²) in [6, 6.07) is 5.23. The number of amides is 1. The first-order chi connectivity index (χ1) is 18.1. The third-order valence-corrected chi connectivity index (χ3v) is 7.12. The number of H-pyrrole nitrogens is 1. The molecule has 7 nitrogen and oxygen atoms in total. The van der Waals surface area contributed by atoms with Crippen LogP contribution in [0.1, 0.15) is 41.3 Å². The standard InChI is InChI=1S/C26H25F6N3O4/c1-12-8-21(37)19(10-20(12)36)35(2)13-6-7-17(16(9-13)26(30,31)32)34-24(39)14-11-33-18-5-3-4-15(25(27,28)29)22(18)23(14)38/h3-7,9,11-12,19-21,36-37H,8,10H2,1-2H3,(H,33,38)(H,34,39)/t12?,19-,20-,21+/m0/s1. The zero-order chi connectivity index (χ0) is 28.9. The van der Waals surface area contributed by atoms with Crippen LogP contribution in [0.4, 0.5) is 37.7 Å². The van der Waals surface area contributed by atoms with Crippen molar-refractivity contribution >= 4 is 28.2 Å². The smallest absolute Gasteiger partial charge is 0.393 e. The van der Waals surface area contributed by atoms with Gasteiger partial charge < -0.3 is 25.4 Å². The molecule has 0 saturated heterocycles. The molecule has 13 heteroatoms. The average molecular weight is 557 g/mol. The van der Waals surface area contributed by atoms with Crippen LogP contribution < -0.4 is 15.6 Å². The van der Waals surface area contributed by atoms with Gasteiger partial charge in [0, 0.05) is 24.4 Å². The first-order valence-electron chi connectivity index (χ1n) is 11.9. The Hall–Kier alpha value is -3.58. The molecule has 1 amide bonds. The van der Waals surface area contributed by atoms with Gasteiger partial charge in [-0.2, -0.15) is 26.3 Å². The molecule has 1 heterocycles. The predicted molar refractivity (Wildman–Crippen MR) is 132 cm³/mol. The summed E-state index contributed by atoms with van der Waals surface area (Å²) in [6.07, 6.45) is -10.3. The van der Waals surface area contributed by atoms with Crippen molar-refractivity contribution in [2.75, 3.05) is 17.3 Å². The Morgan fingerprint density at radius 1 is 1.00 bits per heavy atom. The highest BCUT2D eigenvalue weighted by molar-refractivity contribution is 6.06. The van der Waals surface area contributed by atoms with Crippen LogP contribution in [0.3, 0.4) is 0 Å². The minimum absolute atomic E-state index is 0.0458. The maximum atomic E-state index is 14.0. The summed E-state index contributed by atoms with van der Waals surface area (Å²) in [5, 5.41) is 21.8. The number of anilines is 2. The van der Waals surface area contributed by atoms with Crippen LogP contribution in [-0.2, 0) is 12.4 Å². The lowest BCUT2D eigenvalue weighted by Crippen LogP contribution is -2.49. The van der Waals surface area contributed by atoms with Gasteiger partial charge in [0.15, 0.2) is 0 Å². The zero-order valence-corrected chi connectivity index (χ0v) is 20.7. The number of alkyl halides is 6. The number of nitrogens with one attached hydrogen (secondary N) is 2. The molecule has 1 fully saturated rings. The Kier molecular flexibility index (Phi) is 7.43. The van der Waals surface area contributed by atoms with E-state index in [1.54, 1.807) is 6.92 Å². The number of halogens is 6. The molecule has 1 aromatic heterocycles. The molecule has 0 bridgehead atoms. The Morgan fingerprint density at radius 2 is 1.67 bits per heavy atom. The molecule has 4 atom stereocenters. The van der Waals surface area contributed by atoms with Crippen LogP contribution in [-0.4, -0.2) is 46.4 Å². The van der Waals surface area contributed by atoms with Gasteiger partial charge in [-0.3, -0.25) is 9.59 Å². The maximum Gasteiger partial charge on any atom is 0.418 e. The number of nitrogens with zero attached hydrogens (tertiary/aromatic N) is 1. The number of hydrogen-bond acceptors (Lipinski definition) is 5. The lowest BCUT2D eigenvalue weighted by Gasteiger charge is -2.41. The van der Waals surface area contributed by atoms with Crippen LogP contribution in [0.15, 0.2) is 47.4 Å². The van der Waals surface area contributed by atoms with Gasteiger partial charge in [0.05, 0.1) is 40.5 Å². The van der Waals surface area contributed by atoms with Gasteiger partial charge in [0.2, 0.25) is 5.43 Å². The molecule has 39 heavy (non-hydrogen) atoms. The predicted octanol–water partition coefficient (Wildman–Crippen LogP) is 4.77. The monoisotopic (exact) mass is 557 g/mol. The molecule has 3 aromatic rings. The molecule has 1 aliphatic carbocycles. The molecule has 1 aliphatic rings. The number of hydrogen-bond donors (Lipinski definition) is 4. The topological polar surface area (TPSA) is 106 Å². The number of aliphatic hydroxyl groups excluding tert-OH is 2. The van der Waals surface area contributed by atoms with E-state index in [0.717, 1.165) is 24.4 Å². The zero-order valence-electron chi connectivity index (χ0n) is 20.7. The van der Waals surface area contributed by atoms with Gasteiger partial charge in [-0.15, -0.1) is 0 Å². The number of carbonyl (C=O) groups excluding carboxylic acids is 1. The van der Waals surface area contributed by atoms with Gasteiger partial charge >= 0.3 is 12.4 Å². The number of fused-ring (bicyclic) bond motifs is 1. The summed E-state index contributed by atoms with van der Waals surface area (Å²) in [7, 11) is 1.47. The quantitative estimate of drug-likeness (QED) is 0.346. The fourth-order valence-corrected chi connectivity index (χ4v) is 4.90. The highest BCUT2D eigenvalue weighted by Crippen LogP contribution is 2.39. The number of benzene rings is 2. The van der Waals surface area contributed by atoms with Gasteiger partial charge in [0.25, 0.3) is 5.91 Å². The first kappa shape index (κ1) is 28.4. The van der Waals surface area contributed by atoms with Crippen molar-refractivity contribution in [3.63, 3.8) is 0 Å². The highest BCUT2D eigenvalue weighted by atomic mass is 19.4. The molecular formula is C26H25F6N3O4. The van der Waals surface area contributed by atoms with E-state index >= 15 is 0 Å². The largest absolute Gasteiger partial charge is 0.418 e.